The number of ether oxygens (including phenoxy) is 1. The van der Waals surface area contributed by atoms with Gasteiger partial charge in [0.2, 0.25) is 0 Å². The molecule has 20 heavy (non-hydrogen) atoms. The minimum absolute atomic E-state index is 0.0397. The highest BCUT2D eigenvalue weighted by Gasteiger charge is 2.20. The van der Waals surface area contributed by atoms with E-state index in [9.17, 15) is 0 Å². The molecular formula is C16H17BrINO. The van der Waals surface area contributed by atoms with Gasteiger partial charge in [0.1, 0.15) is 11.9 Å². The van der Waals surface area contributed by atoms with Crippen molar-refractivity contribution in [3.63, 3.8) is 0 Å². The maximum absolute atomic E-state index is 6.24. The van der Waals surface area contributed by atoms with Crippen LogP contribution in [0.5, 0.6) is 5.75 Å². The van der Waals surface area contributed by atoms with E-state index in [1.165, 1.54) is 0 Å². The summed E-state index contributed by atoms with van der Waals surface area (Å²) in [5.41, 5.74) is 7.33. The number of benzene rings is 2. The number of nitrogens with two attached hydrogens (primary N) is 1. The lowest BCUT2D eigenvalue weighted by Gasteiger charge is -2.25. The Hall–Kier alpha value is -0.590. The number of halogens is 2. The third-order valence-electron chi connectivity index (χ3n) is 3.10. The van der Waals surface area contributed by atoms with Gasteiger partial charge >= 0.3 is 0 Å². The van der Waals surface area contributed by atoms with Gasteiger partial charge in [0, 0.05) is 14.1 Å². The van der Waals surface area contributed by atoms with Crippen LogP contribution >= 0.6 is 38.5 Å². The molecule has 0 aliphatic rings. The van der Waals surface area contributed by atoms with Crippen LogP contribution in [0.15, 0.2) is 53.0 Å². The minimum Gasteiger partial charge on any atom is -0.484 e. The van der Waals surface area contributed by atoms with Crippen LogP contribution < -0.4 is 10.5 Å². The monoisotopic (exact) mass is 445 g/mol. The average Bonchev–Trinajstić information content (AvgIpc) is 2.44. The molecule has 0 aromatic heterocycles. The lowest BCUT2D eigenvalue weighted by atomic mass is 10.0. The molecule has 2 atom stereocenters. The fourth-order valence-electron chi connectivity index (χ4n) is 1.99. The average molecular weight is 446 g/mol. The van der Waals surface area contributed by atoms with Crippen LogP contribution in [0.4, 0.5) is 0 Å². The van der Waals surface area contributed by atoms with Crippen LogP contribution in [-0.2, 0) is 0 Å². The quantitative estimate of drug-likeness (QED) is 0.663. The van der Waals surface area contributed by atoms with Crippen LogP contribution in [0, 0.1) is 3.57 Å². The van der Waals surface area contributed by atoms with Crippen molar-refractivity contribution in [1.29, 1.82) is 0 Å². The lowest BCUT2D eigenvalue weighted by Crippen LogP contribution is -2.31. The largest absolute Gasteiger partial charge is 0.484 e. The van der Waals surface area contributed by atoms with Gasteiger partial charge < -0.3 is 10.5 Å². The molecule has 0 fully saturated rings. The first-order chi connectivity index (χ1) is 9.60. The van der Waals surface area contributed by atoms with Gasteiger partial charge in [-0.2, -0.15) is 0 Å². The van der Waals surface area contributed by atoms with Gasteiger partial charge in [-0.3, -0.25) is 0 Å². The third kappa shape index (κ3) is 4.20. The predicted octanol–water partition coefficient (Wildman–Crippen LogP) is 4.91. The molecule has 106 valence electrons. The van der Waals surface area contributed by atoms with E-state index in [1.54, 1.807) is 0 Å². The first kappa shape index (κ1) is 15.8. The van der Waals surface area contributed by atoms with E-state index in [1.807, 2.05) is 36.4 Å². The summed E-state index contributed by atoms with van der Waals surface area (Å²) >= 11 is 5.78. The second-order valence-electron chi connectivity index (χ2n) is 4.62. The molecular weight excluding hydrogens is 429 g/mol. The molecule has 0 bridgehead atoms. The first-order valence-corrected chi connectivity index (χ1v) is 8.40. The van der Waals surface area contributed by atoms with Crippen molar-refractivity contribution in [1.82, 2.24) is 0 Å². The molecule has 2 unspecified atom stereocenters. The Labute approximate surface area is 142 Å². The molecule has 2 nitrogen and oxygen atoms in total. The third-order valence-corrected chi connectivity index (χ3v) is 4.26. The highest BCUT2D eigenvalue weighted by Crippen LogP contribution is 2.28. The van der Waals surface area contributed by atoms with Crippen molar-refractivity contribution in [2.45, 2.75) is 25.5 Å². The van der Waals surface area contributed by atoms with E-state index in [4.69, 9.17) is 10.5 Å². The molecule has 0 heterocycles. The maximum Gasteiger partial charge on any atom is 0.139 e. The highest BCUT2D eigenvalue weighted by atomic mass is 127. The molecule has 4 heteroatoms. The van der Waals surface area contributed by atoms with Crippen LogP contribution in [0.1, 0.15) is 25.0 Å². The van der Waals surface area contributed by atoms with Crippen LogP contribution in [0.25, 0.3) is 0 Å². The van der Waals surface area contributed by atoms with Crippen molar-refractivity contribution in [3.05, 3.63) is 62.1 Å². The number of rotatable bonds is 5. The number of hydrogen-bond donors (Lipinski definition) is 1. The van der Waals surface area contributed by atoms with Crippen molar-refractivity contribution >= 4 is 38.5 Å². The summed E-state index contributed by atoms with van der Waals surface area (Å²) in [5, 5.41) is 0. The van der Waals surface area contributed by atoms with Crippen LogP contribution in [0.2, 0.25) is 0 Å². The summed E-state index contributed by atoms with van der Waals surface area (Å²) in [6, 6.07) is 16.1. The Bertz CT molecular complexity index is 576. The Morgan fingerprint density at radius 1 is 1.20 bits per heavy atom. The second kappa shape index (κ2) is 7.43. The SMILES string of the molecule is CCC(N)C(Oc1cccc(I)c1)c1cccc(Br)c1. The summed E-state index contributed by atoms with van der Waals surface area (Å²) in [4.78, 5) is 0. The van der Waals surface area contributed by atoms with Crippen LogP contribution in [0.3, 0.4) is 0 Å². The van der Waals surface area contributed by atoms with Gasteiger partial charge in [0.25, 0.3) is 0 Å². The summed E-state index contributed by atoms with van der Waals surface area (Å²) in [5.74, 6) is 0.853. The standard InChI is InChI=1S/C16H17BrINO/c1-2-15(19)16(11-5-3-6-12(17)9-11)20-14-8-4-7-13(18)10-14/h3-10,15-16H,2,19H2,1H3. The summed E-state index contributed by atoms with van der Waals surface area (Å²) in [6.45, 7) is 2.08. The van der Waals surface area contributed by atoms with Crippen molar-refractivity contribution < 1.29 is 4.74 Å². The van der Waals surface area contributed by atoms with E-state index in [0.717, 1.165) is 25.8 Å². The Morgan fingerprint density at radius 3 is 2.60 bits per heavy atom. The molecule has 0 saturated heterocycles. The second-order valence-corrected chi connectivity index (χ2v) is 6.78. The van der Waals surface area contributed by atoms with Gasteiger partial charge in [0.05, 0.1) is 0 Å². The van der Waals surface area contributed by atoms with Gasteiger partial charge in [-0.25, -0.2) is 0 Å². The lowest BCUT2D eigenvalue weighted by molar-refractivity contribution is 0.171. The van der Waals surface area contributed by atoms with Gasteiger partial charge in [-0.05, 0) is 64.9 Å². The Balaban J connectivity index is 2.29. The Kier molecular flexibility index (Phi) is 5.86. The first-order valence-electron chi connectivity index (χ1n) is 6.53. The molecule has 2 aromatic rings. The molecule has 2 rings (SSSR count). The molecule has 2 aromatic carbocycles. The summed E-state index contributed by atoms with van der Waals surface area (Å²) < 4.78 is 8.33. The van der Waals surface area contributed by atoms with E-state index >= 15 is 0 Å². The summed E-state index contributed by atoms with van der Waals surface area (Å²) in [6.07, 6.45) is 0.719. The fourth-order valence-corrected chi connectivity index (χ4v) is 2.92. The van der Waals surface area contributed by atoms with E-state index < -0.39 is 0 Å². The van der Waals surface area contributed by atoms with Crippen LogP contribution in [-0.4, -0.2) is 6.04 Å². The van der Waals surface area contributed by atoms with Gasteiger partial charge in [0.15, 0.2) is 0 Å². The maximum atomic E-state index is 6.24. The molecule has 0 aliphatic heterocycles. The number of hydrogen-bond acceptors (Lipinski definition) is 2. The van der Waals surface area contributed by atoms with E-state index in [2.05, 4.69) is 57.6 Å². The normalized spacial score (nSPS) is 13.8. The summed E-state index contributed by atoms with van der Waals surface area (Å²) in [7, 11) is 0. The molecule has 0 aliphatic carbocycles. The zero-order valence-corrected chi connectivity index (χ0v) is 15.0. The topological polar surface area (TPSA) is 35.2 Å². The van der Waals surface area contributed by atoms with Crippen molar-refractivity contribution in [2.75, 3.05) is 0 Å². The van der Waals surface area contributed by atoms with E-state index in [0.29, 0.717) is 0 Å². The smallest absolute Gasteiger partial charge is 0.139 e. The molecule has 2 N–H and O–H groups in total. The zero-order chi connectivity index (χ0) is 14.5. The van der Waals surface area contributed by atoms with E-state index in [-0.39, 0.29) is 12.1 Å². The van der Waals surface area contributed by atoms with Crippen molar-refractivity contribution in [3.8, 4) is 5.75 Å². The zero-order valence-electron chi connectivity index (χ0n) is 11.2. The van der Waals surface area contributed by atoms with Gasteiger partial charge in [-0.1, -0.05) is 41.1 Å². The molecule has 0 radical (unpaired) electrons. The predicted molar refractivity (Wildman–Crippen MR) is 94.9 cm³/mol. The Morgan fingerprint density at radius 2 is 1.95 bits per heavy atom. The van der Waals surface area contributed by atoms with Gasteiger partial charge in [-0.15, -0.1) is 0 Å². The minimum atomic E-state index is -0.143. The highest BCUT2D eigenvalue weighted by molar-refractivity contribution is 14.1. The molecule has 0 spiro atoms. The molecule has 0 amide bonds. The molecule has 0 saturated carbocycles. The fraction of sp³-hybridized carbons (Fsp3) is 0.250. The van der Waals surface area contributed by atoms with Crippen molar-refractivity contribution in [2.24, 2.45) is 5.73 Å².